The molecule has 0 bridgehead atoms. The van der Waals surface area contributed by atoms with E-state index in [0.717, 1.165) is 12.1 Å². The molecule has 0 saturated carbocycles. The van der Waals surface area contributed by atoms with Crippen molar-refractivity contribution in [2.75, 3.05) is 25.0 Å². The van der Waals surface area contributed by atoms with E-state index in [-0.39, 0.29) is 13.1 Å². The fraction of sp³-hybridized carbons (Fsp3) is 0.429. The molecule has 0 heterocycles. The fourth-order valence-electron chi connectivity index (χ4n) is 1.77. The lowest BCUT2D eigenvalue weighted by Crippen LogP contribution is -2.38. The Morgan fingerprint density at radius 1 is 1.33 bits per heavy atom. The van der Waals surface area contributed by atoms with Gasteiger partial charge in [0.1, 0.15) is 17.3 Å². The number of carbonyl (C=O) groups is 2. The van der Waals surface area contributed by atoms with Crippen LogP contribution >= 0.6 is 0 Å². The molecule has 116 valence electrons. The van der Waals surface area contributed by atoms with Crippen molar-refractivity contribution in [2.45, 2.75) is 13.8 Å². The topological polar surface area (TPSA) is 69.6 Å². The van der Waals surface area contributed by atoms with Gasteiger partial charge in [-0.25, -0.2) is 8.78 Å². The van der Waals surface area contributed by atoms with Gasteiger partial charge >= 0.3 is 5.97 Å². The Morgan fingerprint density at radius 3 is 2.38 bits per heavy atom. The van der Waals surface area contributed by atoms with Crippen LogP contribution in [0.1, 0.15) is 13.8 Å². The molecule has 1 atom stereocenters. The normalized spacial score (nSPS) is 12.2. The number of nitrogens with zero attached hydrogens (tertiary/aromatic N) is 1. The summed E-state index contributed by atoms with van der Waals surface area (Å²) < 4.78 is 26.8. The molecule has 0 spiro atoms. The summed E-state index contributed by atoms with van der Waals surface area (Å²) in [7, 11) is 0. The van der Waals surface area contributed by atoms with Gasteiger partial charge in [0, 0.05) is 6.54 Å². The molecule has 1 amide bonds. The van der Waals surface area contributed by atoms with E-state index < -0.39 is 35.1 Å². The van der Waals surface area contributed by atoms with E-state index in [1.165, 1.54) is 13.0 Å². The number of hydrogen-bond donors (Lipinski definition) is 2. The number of aliphatic carboxylic acids is 1. The van der Waals surface area contributed by atoms with Crippen LogP contribution in [0, 0.1) is 17.6 Å². The van der Waals surface area contributed by atoms with E-state index in [4.69, 9.17) is 5.11 Å². The number of anilines is 1. The number of para-hydroxylation sites is 1. The monoisotopic (exact) mass is 300 g/mol. The number of likely N-dealkylation sites (N-methyl/N-ethyl adjacent to an activating group) is 1. The highest BCUT2D eigenvalue weighted by atomic mass is 19.1. The third kappa shape index (κ3) is 5.11. The van der Waals surface area contributed by atoms with Crippen LogP contribution in [-0.2, 0) is 9.59 Å². The highest BCUT2D eigenvalue weighted by Crippen LogP contribution is 2.17. The number of halogens is 2. The van der Waals surface area contributed by atoms with Crippen LogP contribution in [0.15, 0.2) is 18.2 Å². The number of carbonyl (C=O) groups excluding carboxylic acids is 1. The van der Waals surface area contributed by atoms with Gasteiger partial charge in [0.15, 0.2) is 0 Å². The molecule has 1 aromatic rings. The Balaban J connectivity index is 2.65. The molecular weight excluding hydrogens is 282 g/mol. The first kappa shape index (κ1) is 17.0. The summed E-state index contributed by atoms with van der Waals surface area (Å²) in [6.07, 6.45) is 0. The fourth-order valence-corrected chi connectivity index (χ4v) is 1.77. The van der Waals surface area contributed by atoms with Gasteiger partial charge in [-0.05, 0) is 18.7 Å². The van der Waals surface area contributed by atoms with Gasteiger partial charge in [-0.2, -0.15) is 0 Å². The molecule has 0 aliphatic heterocycles. The quantitative estimate of drug-likeness (QED) is 0.807. The highest BCUT2D eigenvalue weighted by Gasteiger charge is 2.18. The first-order valence-corrected chi connectivity index (χ1v) is 6.54. The molecule has 0 aliphatic rings. The molecule has 1 rings (SSSR count). The summed E-state index contributed by atoms with van der Waals surface area (Å²) in [6, 6.07) is 3.29. The summed E-state index contributed by atoms with van der Waals surface area (Å²) in [5, 5.41) is 11.0. The molecule has 21 heavy (non-hydrogen) atoms. The molecule has 0 fully saturated rings. The van der Waals surface area contributed by atoms with E-state index in [1.807, 2.05) is 0 Å². The van der Waals surface area contributed by atoms with Crippen LogP contribution in [-0.4, -0.2) is 41.5 Å². The smallest absolute Gasteiger partial charge is 0.307 e. The second kappa shape index (κ2) is 7.68. The van der Waals surface area contributed by atoms with E-state index in [1.54, 1.807) is 11.8 Å². The molecule has 0 aliphatic carbocycles. The lowest BCUT2D eigenvalue weighted by Gasteiger charge is -2.21. The van der Waals surface area contributed by atoms with Gasteiger partial charge in [0.25, 0.3) is 0 Å². The van der Waals surface area contributed by atoms with E-state index in [0.29, 0.717) is 6.54 Å². The van der Waals surface area contributed by atoms with Crippen LogP contribution in [0.5, 0.6) is 0 Å². The number of amides is 1. The Bertz CT molecular complexity index is 503. The number of nitrogens with one attached hydrogen (secondary N) is 1. The minimum atomic E-state index is -0.964. The summed E-state index contributed by atoms with van der Waals surface area (Å²) in [6.45, 7) is 3.79. The molecular formula is C14H18F2N2O3. The van der Waals surface area contributed by atoms with Gasteiger partial charge in [-0.1, -0.05) is 19.9 Å². The van der Waals surface area contributed by atoms with Crippen molar-refractivity contribution < 1.29 is 23.5 Å². The highest BCUT2D eigenvalue weighted by molar-refractivity contribution is 5.92. The van der Waals surface area contributed by atoms with Crippen molar-refractivity contribution in [3.05, 3.63) is 29.8 Å². The summed E-state index contributed by atoms with van der Waals surface area (Å²) in [5.74, 6) is -3.91. The van der Waals surface area contributed by atoms with Crippen LogP contribution in [0.2, 0.25) is 0 Å². The van der Waals surface area contributed by atoms with E-state index >= 15 is 0 Å². The zero-order chi connectivity index (χ0) is 16.0. The minimum absolute atomic E-state index is 0.137. The average Bonchev–Trinajstić information content (AvgIpc) is 2.42. The SMILES string of the molecule is CCN(CC(=O)Nc1c(F)cccc1F)CC(C)C(=O)O. The lowest BCUT2D eigenvalue weighted by molar-refractivity contribution is -0.142. The van der Waals surface area contributed by atoms with Crippen LogP contribution in [0.25, 0.3) is 0 Å². The van der Waals surface area contributed by atoms with Gasteiger partial charge in [0.05, 0.1) is 12.5 Å². The molecule has 1 unspecified atom stereocenters. The average molecular weight is 300 g/mol. The number of hydrogen-bond acceptors (Lipinski definition) is 3. The van der Waals surface area contributed by atoms with Gasteiger partial charge in [0.2, 0.25) is 5.91 Å². The second-order valence-corrected chi connectivity index (χ2v) is 4.71. The Hall–Kier alpha value is -2.02. The Labute approximate surface area is 121 Å². The van der Waals surface area contributed by atoms with Crippen molar-refractivity contribution in [3.63, 3.8) is 0 Å². The maximum Gasteiger partial charge on any atom is 0.307 e. The van der Waals surface area contributed by atoms with Gasteiger partial charge in [-0.3, -0.25) is 14.5 Å². The second-order valence-electron chi connectivity index (χ2n) is 4.71. The first-order valence-electron chi connectivity index (χ1n) is 6.54. The third-order valence-corrected chi connectivity index (χ3v) is 3.00. The largest absolute Gasteiger partial charge is 0.481 e. The number of rotatable bonds is 7. The van der Waals surface area contributed by atoms with Crippen LogP contribution in [0.4, 0.5) is 14.5 Å². The molecule has 0 saturated heterocycles. The van der Waals surface area contributed by atoms with Crippen molar-refractivity contribution in [1.82, 2.24) is 4.90 Å². The summed E-state index contributed by atoms with van der Waals surface area (Å²) >= 11 is 0. The predicted octanol–water partition coefficient (Wildman–Crippen LogP) is 1.95. The van der Waals surface area contributed by atoms with Crippen molar-refractivity contribution in [3.8, 4) is 0 Å². The number of carboxylic acid groups (broad SMARTS) is 1. The standard InChI is InChI=1S/C14H18F2N2O3/c1-3-18(7-9(2)14(20)21)8-12(19)17-13-10(15)5-4-6-11(13)16/h4-6,9H,3,7-8H2,1-2H3,(H,17,19)(H,20,21). The van der Waals surface area contributed by atoms with Crippen molar-refractivity contribution in [2.24, 2.45) is 5.92 Å². The molecule has 2 N–H and O–H groups in total. The number of benzene rings is 1. The van der Waals surface area contributed by atoms with Gasteiger partial charge < -0.3 is 10.4 Å². The maximum absolute atomic E-state index is 13.4. The zero-order valence-electron chi connectivity index (χ0n) is 11.9. The predicted molar refractivity (Wildman–Crippen MR) is 73.9 cm³/mol. The first-order chi connectivity index (χ1) is 9.85. The van der Waals surface area contributed by atoms with Gasteiger partial charge in [-0.15, -0.1) is 0 Å². The van der Waals surface area contributed by atoms with Crippen molar-refractivity contribution in [1.29, 1.82) is 0 Å². The number of carboxylic acids is 1. The molecule has 0 radical (unpaired) electrons. The summed E-state index contributed by atoms with van der Waals surface area (Å²) in [4.78, 5) is 24.2. The third-order valence-electron chi connectivity index (χ3n) is 3.00. The summed E-state index contributed by atoms with van der Waals surface area (Å²) in [5.41, 5.74) is -0.496. The molecule has 7 heteroatoms. The van der Waals surface area contributed by atoms with E-state index in [2.05, 4.69) is 5.32 Å². The minimum Gasteiger partial charge on any atom is -0.481 e. The maximum atomic E-state index is 13.4. The molecule has 0 aromatic heterocycles. The Kier molecular flexibility index (Phi) is 6.23. The molecule has 1 aromatic carbocycles. The van der Waals surface area contributed by atoms with Crippen LogP contribution in [0.3, 0.4) is 0 Å². The van der Waals surface area contributed by atoms with E-state index in [9.17, 15) is 18.4 Å². The lowest BCUT2D eigenvalue weighted by atomic mass is 10.1. The molecule has 5 nitrogen and oxygen atoms in total. The Morgan fingerprint density at radius 2 is 1.90 bits per heavy atom. The van der Waals surface area contributed by atoms with Crippen molar-refractivity contribution >= 4 is 17.6 Å². The zero-order valence-corrected chi connectivity index (χ0v) is 11.9. The van der Waals surface area contributed by atoms with Crippen LogP contribution < -0.4 is 5.32 Å².